The molecule has 1 aromatic heterocycles. The Hall–Kier alpha value is -2.50. The Morgan fingerprint density at radius 1 is 1.19 bits per heavy atom. The third-order valence-corrected chi connectivity index (χ3v) is 4.59. The lowest BCUT2D eigenvalue weighted by Crippen LogP contribution is -2.22. The summed E-state index contributed by atoms with van der Waals surface area (Å²) in [6.07, 6.45) is 1.90. The molecule has 140 valence electrons. The lowest BCUT2D eigenvalue weighted by atomic mass is 10.1. The van der Waals surface area contributed by atoms with Crippen molar-refractivity contribution >= 4 is 29.1 Å². The van der Waals surface area contributed by atoms with Crippen LogP contribution in [0.5, 0.6) is 5.75 Å². The van der Waals surface area contributed by atoms with Crippen LogP contribution in [0, 0.1) is 6.92 Å². The van der Waals surface area contributed by atoms with Gasteiger partial charge in [-0.15, -0.1) is 0 Å². The van der Waals surface area contributed by atoms with E-state index in [-0.39, 0.29) is 5.91 Å². The number of hydrogen-bond acceptors (Lipinski definition) is 3. The molecule has 0 bridgehead atoms. The van der Waals surface area contributed by atoms with E-state index in [9.17, 15) is 4.79 Å². The highest BCUT2D eigenvalue weighted by Crippen LogP contribution is 2.28. The maximum absolute atomic E-state index is 12.3. The second-order valence-electron chi connectivity index (χ2n) is 6.16. The molecule has 0 radical (unpaired) electrons. The van der Waals surface area contributed by atoms with Crippen molar-refractivity contribution < 1.29 is 9.53 Å². The molecule has 0 atom stereocenters. The highest BCUT2D eigenvalue weighted by Gasteiger charge is 2.09. The van der Waals surface area contributed by atoms with E-state index in [0.29, 0.717) is 34.5 Å². The van der Waals surface area contributed by atoms with Gasteiger partial charge in [0.2, 0.25) is 0 Å². The van der Waals surface area contributed by atoms with E-state index in [2.05, 4.69) is 10.4 Å². The van der Waals surface area contributed by atoms with Crippen molar-refractivity contribution in [2.24, 2.45) is 7.05 Å². The molecule has 0 aliphatic heterocycles. The van der Waals surface area contributed by atoms with Crippen LogP contribution in [0.4, 0.5) is 0 Å². The summed E-state index contributed by atoms with van der Waals surface area (Å²) in [5.74, 6) is 0.432. The van der Waals surface area contributed by atoms with E-state index in [1.807, 2.05) is 32.3 Å². The molecular formula is C20H19Cl2N3O2. The molecule has 27 heavy (non-hydrogen) atoms. The van der Waals surface area contributed by atoms with Gasteiger partial charge >= 0.3 is 0 Å². The number of rotatable bonds is 6. The summed E-state index contributed by atoms with van der Waals surface area (Å²) in [5.41, 5.74) is 3.42. The van der Waals surface area contributed by atoms with E-state index in [0.717, 1.165) is 16.8 Å². The highest BCUT2D eigenvalue weighted by molar-refractivity contribution is 6.35. The monoisotopic (exact) mass is 403 g/mol. The van der Waals surface area contributed by atoms with Crippen molar-refractivity contribution in [2.75, 3.05) is 0 Å². The molecule has 0 spiro atoms. The molecule has 0 saturated heterocycles. The SMILES string of the molecule is Cc1nn(C)cc1CNC(=O)c1ccc(COc2ccc(Cl)cc2Cl)cc1. The van der Waals surface area contributed by atoms with Crippen LogP contribution in [0.25, 0.3) is 0 Å². The summed E-state index contributed by atoms with van der Waals surface area (Å²) in [4.78, 5) is 12.3. The predicted octanol–water partition coefficient (Wildman–Crippen LogP) is 4.54. The first kappa shape index (κ1) is 19.3. The Bertz CT molecular complexity index is 952. The molecule has 0 aliphatic rings. The van der Waals surface area contributed by atoms with Crippen molar-refractivity contribution in [3.8, 4) is 5.75 Å². The molecule has 1 heterocycles. The van der Waals surface area contributed by atoms with Crippen LogP contribution in [0.3, 0.4) is 0 Å². The van der Waals surface area contributed by atoms with Gasteiger partial charge in [-0.3, -0.25) is 9.48 Å². The fraction of sp³-hybridized carbons (Fsp3) is 0.200. The van der Waals surface area contributed by atoms with Crippen molar-refractivity contribution in [3.63, 3.8) is 0 Å². The molecule has 0 unspecified atom stereocenters. The Morgan fingerprint density at radius 3 is 2.56 bits per heavy atom. The van der Waals surface area contributed by atoms with Crippen LogP contribution in [0.2, 0.25) is 10.0 Å². The second kappa shape index (κ2) is 8.46. The van der Waals surface area contributed by atoms with Crippen LogP contribution in [0.15, 0.2) is 48.7 Å². The summed E-state index contributed by atoms with van der Waals surface area (Å²) in [6.45, 7) is 2.71. The number of aryl methyl sites for hydroxylation is 2. The normalized spacial score (nSPS) is 10.7. The van der Waals surface area contributed by atoms with Gasteiger partial charge < -0.3 is 10.1 Å². The molecule has 3 aromatic rings. The van der Waals surface area contributed by atoms with Gasteiger partial charge in [0.25, 0.3) is 5.91 Å². The quantitative estimate of drug-likeness (QED) is 0.656. The lowest BCUT2D eigenvalue weighted by Gasteiger charge is -2.09. The van der Waals surface area contributed by atoms with E-state index < -0.39 is 0 Å². The number of ether oxygens (including phenoxy) is 1. The largest absolute Gasteiger partial charge is 0.487 e. The van der Waals surface area contributed by atoms with Gasteiger partial charge in [-0.2, -0.15) is 5.10 Å². The first-order valence-corrected chi connectivity index (χ1v) is 9.12. The lowest BCUT2D eigenvalue weighted by molar-refractivity contribution is 0.0951. The zero-order chi connectivity index (χ0) is 19.4. The number of nitrogens with zero attached hydrogens (tertiary/aromatic N) is 2. The molecule has 0 aliphatic carbocycles. The van der Waals surface area contributed by atoms with Crippen LogP contribution < -0.4 is 10.1 Å². The van der Waals surface area contributed by atoms with Crippen molar-refractivity contribution in [2.45, 2.75) is 20.1 Å². The molecule has 0 saturated carbocycles. The number of carbonyl (C=O) groups is 1. The summed E-state index contributed by atoms with van der Waals surface area (Å²) >= 11 is 12.0. The second-order valence-corrected chi connectivity index (χ2v) is 7.00. The Morgan fingerprint density at radius 2 is 1.93 bits per heavy atom. The fourth-order valence-electron chi connectivity index (χ4n) is 2.61. The highest BCUT2D eigenvalue weighted by atomic mass is 35.5. The zero-order valence-electron chi connectivity index (χ0n) is 15.0. The minimum absolute atomic E-state index is 0.133. The first-order chi connectivity index (χ1) is 12.9. The van der Waals surface area contributed by atoms with E-state index in [1.54, 1.807) is 35.0 Å². The number of carbonyl (C=O) groups excluding carboxylic acids is 1. The number of benzene rings is 2. The van der Waals surface area contributed by atoms with Gasteiger partial charge in [0, 0.05) is 35.9 Å². The molecule has 2 aromatic carbocycles. The molecule has 3 rings (SSSR count). The van der Waals surface area contributed by atoms with Crippen LogP contribution in [-0.2, 0) is 20.2 Å². The predicted molar refractivity (Wildman–Crippen MR) is 106 cm³/mol. The number of nitrogens with one attached hydrogen (secondary N) is 1. The number of halogens is 2. The molecular weight excluding hydrogens is 385 g/mol. The van der Waals surface area contributed by atoms with Gasteiger partial charge in [-0.1, -0.05) is 35.3 Å². The molecule has 1 N–H and O–H groups in total. The van der Waals surface area contributed by atoms with Crippen molar-refractivity contribution in [1.29, 1.82) is 0 Å². The molecule has 1 amide bonds. The van der Waals surface area contributed by atoms with Crippen molar-refractivity contribution in [3.05, 3.63) is 81.1 Å². The van der Waals surface area contributed by atoms with E-state index in [4.69, 9.17) is 27.9 Å². The van der Waals surface area contributed by atoms with E-state index in [1.165, 1.54) is 0 Å². The number of hydrogen-bond donors (Lipinski definition) is 1. The average Bonchev–Trinajstić information content (AvgIpc) is 2.96. The third kappa shape index (κ3) is 5.02. The van der Waals surface area contributed by atoms with Gasteiger partial charge in [0.05, 0.1) is 10.7 Å². The smallest absolute Gasteiger partial charge is 0.251 e. The van der Waals surface area contributed by atoms with Gasteiger partial charge in [0.15, 0.2) is 0 Å². The summed E-state index contributed by atoms with van der Waals surface area (Å²) in [6, 6.07) is 12.3. The molecule has 0 fully saturated rings. The zero-order valence-corrected chi connectivity index (χ0v) is 16.5. The number of aromatic nitrogens is 2. The summed E-state index contributed by atoms with van der Waals surface area (Å²) < 4.78 is 7.43. The molecule has 7 heteroatoms. The molecule has 5 nitrogen and oxygen atoms in total. The Labute approximate surface area is 167 Å². The summed E-state index contributed by atoms with van der Waals surface area (Å²) in [7, 11) is 1.86. The van der Waals surface area contributed by atoms with E-state index >= 15 is 0 Å². The third-order valence-electron chi connectivity index (χ3n) is 4.06. The standard InChI is InChI=1S/C20H19Cl2N3O2/c1-13-16(11-25(2)24-13)10-23-20(26)15-5-3-14(4-6-15)12-27-19-8-7-17(21)9-18(19)22/h3-9,11H,10,12H2,1-2H3,(H,23,26). The minimum Gasteiger partial charge on any atom is -0.487 e. The van der Waals surface area contributed by atoms with Crippen LogP contribution in [-0.4, -0.2) is 15.7 Å². The Kier molecular flexibility index (Phi) is 6.04. The van der Waals surface area contributed by atoms with Gasteiger partial charge in [-0.05, 0) is 42.8 Å². The van der Waals surface area contributed by atoms with Gasteiger partial charge in [-0.25, -0.2) is 0 Å². The Balaban J connectivity index is 1.56. The maximum Gasteiger partial charge on any atom is 0.251 e. The number of amides is 1. The average molecular weight is 404 g/mol. The summed E-state index contributed by atoms with van der Waals surface area (Å²) in [5, 5.41) is 8.19. The van der Waals surface area contributed by atoms with Crippen molar-refractivity contribution in [1.82, 2.24) is 15.1 Å². The fourth-order valence-corrected chi connectivity index (χ4v) is 3.07. The van der Waals surface area contributed by atoms with Gasteiger partial charge in [0.1, 0.15) is 12.4 Å². The van der Waals surface area contributed by atoms with Crippen LogP contribution in [0.1, 0.15) is 27.2 Å². The first-order valence-electron chi connectivity index (χ1n) is 8.36. The maximum atomic E-state index is 12.3. The minimum atomic E-state index is -0.133. The topological polar surface area (TPSA) is 56.2 Å². The van der Waals surface area contributed by atoms with Crippen LogP contribution >= 0.6 is 23.2 Å².